The smallest absolute Gasteiger partial charge is 0.263 e. The third kappa shape index (κ3) is 0.834. The van der Waals surface area contributed by atoms with Gasteiger partial charge in [0.25, 0.3) is 0 Å². The first-order chi connectivity index (χ1) is 6.86. The van der Waals surface area contributed by atoms with E-state index >= 15 is 0 Å². The summed E-state index contributed by atoms with van der Waals surface area (Å²) in [5, 5.41) is 8.56. The summed E-state index contributed by atoms with van der Waals surface area (Å²) < 4.78 is 0. The molecule has 3 rings (SSSR count). The van der Waals surface area contributed by atoms with Crippen LogP contribution in [-0.4, -0.2) is 23.3 Å². The lowest BCUT2D eigenvalue weighted by atomic mass is 9.99. The molecular formula is C9H6N4O. The summed E-state index contributed by atoms with van der Waals surface area (Å²) in [4.78, 5) is 15.6. The van der Waals surface area contributed by atoms with Gasteiger partial charge in [0, 0.05) is 5.57 Å². The first kappa shape index (κ1) is 7.37. The molecule has 1 aliphatic carbocycles. The maximum Gasteiger partial charge on any atom is 0.315 e. The van der Waals surface area contributed by atoms with Crippen molar-refractivity contribution < 1.29 is 4.79 Å². The summed E-state index contributed by atoms with van der Waals surface area (Å²) in [7, 11) is 0. The molecule has 2 heterocycles. The average Bonchev–Trinajstić information content (AvgIpc) is 2.61. The summed E-state index contributed by atoms with van der Waals surface area (Å²) in [6.07, 6.45) is 9.12. The number of hydrogen-bond donors (Lipinski definition) is 0. The van der Waals surface area contributed by atoms with Gasteiger partial charge in [0.05, 0.1) is 6.04 Å². The lowest BCUT2D eigenvalue weighted by molar-refractivity contribution is -0.114. The van der Waals surface area contributed by atoms with Crippen molar-refractivity contribution in [1.29, 1.82) is 0 Å². The molecular weight excluding hydrogens is 180 g/mol. The second-order valence-corrected chi connectivity index (χ2v) is 3.10. The van der Waals surface area contributed by atoms with Crippen molar-refractivity contribution in [3.8, 4) is 0 Å². The summed E-state index contributed by atoms with van der Waals surface area (Å²) >= 11 is 0. The van der Waals surface area contributed by atoms with Crippen molar-refractivity contribution in [3.63, 3.8) is 0 Å². The van der Waals surface area contributed by atoms with E-state index in [1.165, 1.54) is 11.3 Å². The van der Waals surface area contributed by atoms with Crippen LogP contribution in [0.25, 0.3) is 0 Å². The Morgan fingerprint density at radius 1 is 1.36 bits per heavy atom. The molecule has 14 heavy (non-hydrogen) atoms. The second-order valence-electron chi connectivity index (χ2n) is 3.10. The van der Waals surface area contributed by atoms with Gasteiger partial charge in [-0.25, -0.2) is 0 Å². The molecule has 68 valence electrons. The van der Waals surface area contributed by atoms with Gasteiger partial charge in [-0.2, -0.15) is 5.01 Å². The molecule has 0 aromatic rings. The van der Waals surface area contributed by atoms with Gasteiger partial charge in [0.1, 0.15) is 12.0 Å². The van der Waals surface area contributed by atoms with Crippen LogP contribution in [0, 0.1) is 0 Å². The molecule has 3 aliphatic rings. The molecule has 0 N–H and O–H groups in total. The van der Waals surface area contributed by atoms with E-state index < -0.39 is 0 Å². The maximum atomic E-state index is 11.4. The molecule has 2 aliphatic heterocycles. The van der Waals surface area contributed by atoms with Gasteiger partial charge in [-0.05, 0) is 0 Å². The molecule has 1 amide bonds. The van der Waals surface area contributed by atoms with Crippen molar-refractivity contribution >= 4 is 12.2 Å². The van der Waals surface area contributed by atoms with Crippen LogP contribution >= 0.6 is 0 Å². The maximum absolute atomic E-state index is 11.4. The molecule has 1 atom stereocenters. The quantitative estimate of drug-likeness (QED) is 0.566. The van der Waals surface area contributed by atoms with E-state index in [1.807, 2.05) is 24.3 Å². The van der Waals surface area contributed by atoms with Gasteiger partial charge in [0.2, 0.25) is 0 Å². The molecule has 0 spiro atoms. The van der Waals surface area contributed by atoms with Crippen molar-refractivity contribution in [2.45, 2.75) is 6.04 Å². The third-order valence-corrected chi connectivity index (χ3v) is 2.27. The van der Waals surface area contributed by atoms with E-state index in [0.29, 0.717) is 5.70 Å². The van der Waals surface area contributed by atoms with Crippen molar-refractivity contribution in [1.82, 2.24) is 5.01 Å². The van der Waals surface area contributed by atoms with Gasteiger partial charge in [0.15, 0.2) is 0 Å². The van der Waals surface area contributed by atoms with Gasteiger partial charge in [-0.3, -0.25) is 9.79 Å². The number of amides is 1. The minimum absolute atomic E-state index is 0.0568. The van der Waals surface area contributed by atoms with Crippen molar-refractivity contribution in [2.24, 2.45) is 15.3 Å². The van der Waals surface area contributed by atoms with E-state index in [1.54, 1.807) is 0 Å². The predicted octanol–water partition coefficient (Wildman–Crippen LogP) is 0.986. The fourth-order valence-corrected chi connectivity index (χ4v) is 1.63. The molecule has 5 heteroatoms. The van der Waals surface area contributed by atoms with E-state index in [9.17, 15) is 4.79 Å². The van der Waals surface area contributed by atoms with Crippen LogP contribution in [0.3, 0.4) is 0 Å². The van der Waals surface area contributed by atoms with Gasteiger partial charge in [-0.15, -0.1) is 0 Å². The number of allylic oxidation sites excluding steroid dienone is 2. The van der Waals surface area contributed by atoms with Crippen LogP contribution in [-0.2, 0) is 4.79 Å². The Hall–Kier alpha value is -2.04. The molecule has 0 aromatic heterocycles. The first-order valence-corrected chi connectivity index (χ1v) is 4.24. The van der Waals surface area contributed by atoms with Crippen LogP contribution < -0.4 is 0 Å². The monoisotopic (exact) mass is 186 g/mol. The summed E-state index contributed by atoms with van der Waals surface area (Å²) in [6.45, 7) is 0. The topological polar surface area (TPSA) is 57.4 Å². The largest absolute Gasteiger partial charge is 0.315 e. The molecule has 0 saturated carbocycles. The number of rotatable bonds is 0. The molecule has 0 bridgehead atoms. The van der Waals surface area contributed by atoms with E-state index in [2.05, 4.69) is 15.3 Å². The van der Waals surface area contributed by atoms with Crippen LogP contribution in [0.5, 0.6) is 0 Å². The Morgan fingerprint density at radius 3 is 3.21 bits per heavy atom. The lowest BCUT2D eigenvalue weighted by Crippen LogP contribution is -2.26. The summed E-state index contributed by atoms with van der Waals surface area (Å²) in [5.41, 5.74) is 1.38. The van der Waals surface area contributed by atoms with Crippen molar-refractivity contribution in [3.05, 3.63) is 35.6 Å². The standard InChI is InChI=1S/C9H6N4O/c14-9-8-6-3-1-2-4-7(6)10-5-13(8)12-11-9/h1-5,7H. The number of carbonyl (C=O) groups excluding carboxylic acids is 1. The lowest BCUT2D eigenvalue weighted by Gasteiger charge is -2.21. The highest BCUT2D eigenvalue weighted by atomic mass is 16.2. The molecule has 5 nitrogen and oxygen atoms in total. The minimum atomic E-state index is -0.295. The number of aliphatic imine (C=N–C) groups is 1. The second kappa shape index (κ2) is 2.47. The third-order valence-electron chi connectivity index (χ3n) is 2.27. The molecule has 0 radical (unpaired) electrons. The molecule has 1 unspecified atom stereocenters. The number of hydrogen-bond acceptors (Lipinski definition) is 4. The first-order valence-electron chi connectivity index (χ1n) is 4.24. The van der Waals surface area contributed by atoms with Crippen LogP contribution in [0.4, 0.5) is 0 Å². The van der Waals surface area contributed by atoms with E-state index in [-0.39, 0.29) is 11.9 Å². The molecule has 0 saturated heterocycles. The zero-order chi connectivity index (χ0) is 9.54. The zero-order valence-electron chi connectivity index (χ0n) is 7.16. The highest BCUT2D eigenvalue weighted by Gasteiger charge is 2.31. The van der Waals surface area contributed by atoms with Gasteiger partial charge >= 0.3 is 5.91 Å². The van der Waals surface area contributed by atoms with Gasteiger partial charge in [-0.1, -0.05) is 34.6 Å². The Balaban J connectivity index is 2.17. The van der Waals surface area contributed by atoms with Crippen molar-refractivity contribution in [2.75, 3.05) is 0 Å². The molecule has 0 fully saturated rings. The SMILES string of the molecule is O=C1N=NN2C=NC3C=CC=CC3=C12. The Bertz CT molecular complexity index is 455. The number of fused-ring (bicyclic) bond motifs is 2. The Kier molecular flexibility index (Phi) is 1.30. The number of carbonyl (C=O) groups is 1. The normalized spacial score (nSPS) is 27.3. The molecule has 0 aromatic carbocycles. The van der Waals surface area contributed by atoms with Crippen LogP contribution in [0.1, 0.15) is 0 Å². The summed E-state index contributed by atoms with van der Waals surface area (Å²) in [6, 6.07) is -0.0568. The Morgan fingerprint density at radius 2 is 2.29 bits per heavy atom. The van der Waals surface area contributed by atoms with Crippen LogP contribution in [0.2, 0.25) is 0 Å². The average molecular weight is 186 g/mol. The highest BCUT2D eigenvalue weighted by molar-refractivity contribution is 5.99. The predicted molar refractivity (Wildman–Crippen MR) is 49.3 cm³/mol. The Labute approximate surface area is 79.8 Å². The van der Waals surface area contributed by atoms with Crippen LogP contribution in [0.15, 0.2) is 50.9 Å². The van der Waals surface area contributed by atoms with E-state index in [4.69, 9.17) is 0 Å². The highest BCUT2D eigenvalue weighted by Crippen LogP contribution is 2.28. The fourth-order valence-electron chi connectivity index (χ4n) is 1.63. The van der Waals surface area contributed by atoms with E-state index in [0.717, 1.165) is 5.57 Å². The number of nitrogens with zero attached hydrogens (tertiary/aromatic N) is 4. The minimum Gasteiger partial charge on any atom is -0.263 e. The summed E-state index contributed by atoms with van der Waals surface area (Å²) in [5.74, 6) is -0.295. The van der Waals surface area contributed by atoms with Gasteiger partial charge < -0.3 is 0 Å². The fraction of sp³-hybridized carbons (Fsp3) is 0.111. The zero-order valence-corrected chi connectivity index (χ0v) is 7.16.